The SMILES string of the molecule is COc1ccc(C(O)=C2C=CC=C2)cc1. The summed E-state index contributed by atoms with van der Waals surface area (Å²) in [7, 11) is 1.62. The van der Waals surface area contributed by atoms with Crippen LogP contribution < -0.4 is 4.74 Å². The molecule has 2 nitrogen and oxygen atoms in total. The summed E-state index contributed by atoms with van der Waals surface area (Å²) >= 11 is 0. The molecular weight excluding hydrogens is 188 g/mol. The Morgan fingerprint density at radius 2 is 1.67 bits per heavy atom. The Labute approximate surface area is 88.8 Å². The number of methoxy groups -OCH3 is 1. The first-order valence-electron chi connectivity index (χ1n) is 4.73. The van der Waals surface area contributed by atoms with Crippen LogP contribution in [0.15, 0.2) is 54.1 Å². The Kier molecular flexibility index (Phi) is 2.59. The van der Waals surface area contributed by atoms with Crippen molar-refractivity contribution in [3.8, 4) is 5.75 Å². The number of allylic oxidation sites excluding steroid dienone is 5. The number of rotatable bonds is 2. The van der Waals surface area contributed by atoms with E-state index >= 15 is 0 Å². The molecule has 0 atom stereocenters. The van der Waals surface area contributed by atoms with Gasteiger partial charge >= 0.3 is 0 Å². The largest absolute Gasteiger partial charge is 0.507 e. The van der Waals surface area contributed by atoms with Crippen LogP contribution in [-0.2, 0) is 0 Å². The lowest BCUT2D eigenvalue weighted by molar-refractivity contribution is 0.414. The van der Waals surface area contributed by atoms with E-state index in [4.69, 9.17) is 4.74 Å². The maximum atomic E-state index is 9.92. The molecule has 0 bridgehead atoms. The van der Waals surface area contributed by atoms with Gasteiger partial charge in [-0.25, -0.2) is 0 Å². The zero-order valence-electron chi connectivity index (χ0n) is 8.47. The first-order valence-corrected chi connectivity index (χ1v) is 4.73. The minimum Gasteiger partial charge on any atom is -0.507 e. The van der Waals surface area contributed by atoms with E-state index in [1.165, 1.54) is 0 Å². The van der Waals surface area contributed by atoms with Crippen LogP contribution in [0.5, 0.6) is 5.75 Å². The molecule has 0 saturated heterocycles. The van der Waals surface area contributed by atoms with Gasteiger partial charge in [0.25, 0.3) is 0 Å². The van der Waals surface area contributed by atoms with Crippen molar-refractivity contribution >= 4 is 5.76 Å². The van der Waals surface area contributed by atoms with Gasteiger partial charge in [-0.3, -0.25) is 0 Å². The summed E-state index contributed by atoms with van der Waals surface area (Å²) in [6.45, 7) is 0. The predicted octanol–water partition coefficient (Wildman–Crippen LogP) is 3.09. The van der Waals surface area contributed by atoms with Crippen molar-refractivity contribution < 1.29 is 9.84 Å². The van der Waals surface area contributed by atoms with Gasteiger partial charge in [-0.15, -0.1) is 0 Å². The molecule has 1 aromatic carbocycles. The first kappa shape index (κ1) is 9.59. The van der Waals surface area contributed by atoms with Crippen molar-refractivity contribution in [1.29, 1.82) is 0 Å². The maximum absolute atomic E-state index is 9.92. The van der Waals surface area contributed by atoms with Crippen LogP contribution in [0.25, 0.3) is 5.76 Å². The highest BCUT2D eigenvalue weighted by Crippen LogP contribution is 2.22. The minimum absolute atomic E-state index is 0.294. The molecule has 1 aromatic rings. The number of ether oxygens (including phenoxy) is 1. The zero-order valence-corrected chi connectivity index (χ0v) is 8.47. The quantitative estimate of drug-likeness (QED) is 0.743. The molecule has 76 valence electrons. The molecule has 0 aliphatic heterocycles. The van der Waals surface area contributed by atoms with Crippen molar-refractivity contribution in [1.82, 2.24) is 0 Å². The molecule has 15 heavy (non-hydrogen) atoms. The van der Waals surface area contributed by atoms with E-state index in [0.29, 0.717) is 5.76 Å². The van der Waals surface area contributed by atoms with Crippen LogP contribution in [0.2, 0.25) is 0 Å². The number of hydrogen-bond acceptors (Lipinski definition) is 2. The number of hydrogen-bond donors (Lipinski definition) is 1. The van der Waals surface area contributed by atoms with Gasteiger partial charge in [0.1, 0.15) is 11.5 Å². The summed E-state index contributed by atoms with van der Waals surface area (Å²) in [5.74, 6) is 1.08. The fraction of sp³-hybridized carbons (Fsp3) is 0.0769. The Morgan fingerprint density at radius 1 is 1.07 bits per heavy atom. The van der Waals surface area contributed by atoms with Crippen molar-refractivity contribution in [3.05, 3.63) is 59.7 Å². The molecule has 1 aliphatic rings. The van der Waals surface area contributed by atoms with Crippen molar-refractivity contribution in [2.24, 2.45) is 0 Å². The summed E-state index contributed by atoms with van der Waals surface area (Å²) in [5.41, 5.74) is 1.63. The van der Waals surface area contributed by atoms with E-state index < -0.39 is 0 Å². The smallest absolute Gasteiger partial charge is 0.130 e. The first-order chi connectivity index (χ1) is 7.31. The number of aliphatic hydroxyl groups excluding tert-OH is 1. The van der Waals surface area contributed by atoms with Crippen molar-refractivity contribution in [2.75, 3.05) is 7.11 Å². The molecule has 0 fully saturated rings. The number of benzene rings is 1. The van der Waals surface area contributed by atoms with Gasteiger partial charge in [-0.2, -0.15) is 0 Å². The number of aliphatic hydroxyl groups is 1. The lowest BCUT2D eigenvalue weighted by Crippen LogP contribution is -1.87. The highest BCUT2D eigenvalue weighted by atomic mass is 16.5. The zero-order chi connectivity index (χ0) is 10.7. The Morgan fingerprint density at radius 3 is 2.20 bits per heavy atom. The van der Waals surface area contributed by atoms with E-state index in [2.05, 4.69) is 0 Å². The van der Waals surface area contributed by atoms with E-state index in [-0.39, 0.29) is 0 Å². The standard InChI is InChI=1S/C13H12O2/c1-15-12-8-6-11(7-9-12)13(14)10-4-2-3-5-10/h2-9,14H,1H3. The molecule has 0 heterocycles. The van der Waals surface area contributed by atoms with E-state index in [9.17, 15) is 5.11 Å². The van der Waals surface area contributed by atoms with Crippen molar-refractivity contribution in [3.63, 3.8) is 0 Å². The van der Waals surface area contributed by atoms with Crippen LogP contribution in [-0.4, -0.2) is 12.2 Å². The third kappa shape index (κ3) is 1.94. The molecule has 1 N–H and O–H groups in total. The second-order valence-electron chi connectivity index (χ2n) is 3.25. The third-order valence-electron chi connectivity index (χ3n) is 2.30. The van der Waals surface area contributed by atoms with Crippen LogP contribution in [0.3, 0.4) is 0 Å². The van der Waals surface area contributed by atoms with E-state index in [1.54, 1.807) is 7.11 Å². The lowest BCUT2D eigenvalue weighted by atomic mass is 10.1. The van der Waals surface area contributed by atoms with Crippen LogP contribution in [0, 0.1) is 0 Å². The van der Waals surface area contributed by atoms with Gasteiger partial charge in [0, 0.05) is 11.1 Å². The maximum Gasteiger partial charge on any atom is 0.130 e. The molecule has 1 aliphatic carbocycles. The Hall–Kier alpha value is -1.96. The summed E-state index contributed by atoms with van der Waals surface area (Å²) in [6, 6.07) is 7.32. The highest BCUT2D eigenvalue weighted by molar-refractivity contribution is 5.69. The lowest BCUT2D eigenvalue weighted by Gasteiger charge is -2.04. The molecular formula is C13H12O2. The average Bonchev–Trinajstić information content (AvgIpc) is 2.82. The molecule has 0 radical (unpaired) electrons. The van der Waals surface area contributed by atoms with Crippen molar-refractivity contribution in [2.45, 2.75) is 0 Å². The molecule has 0 amide bonds. The molecule has 0 unspecified atom stereocenters. The van der Waals surface area contributed by atoms with Gasteiger partial charge in [0.15, 0.2) is 0 Å². The van der Waals surface area contributed by atoms with Crippen LogP contribution in [0.1, 0.15) is 5.56 Å². The van der Waals surface area contributed by atoms with Crippen LogP contribution in [0.4, 0.5) is 0 Å². The van der Waals surface area contributed by atoms with Crippen LogP contribution >= 0.6 is 0 Å². The summed E-state index contributed by atoms with van der Waals surface area (Å²) in [6.07, 6.45) is 7.54. The Bertz CT molecular complexity index is 422. The van der Waals surface area contributed by atoms with E-state index in [1.807, 2.05) is 48.6 Å². The topological polar surface area (TPSA) is 29.5 Å². The fourth-order valence-electron chi connectivity index (χ4n) is 1.45. The van der Waals surface area contributed by atoms with Gasteiger partial charge < -0.3 is 9.84 Å². The van der Waals surface area contributed by atoms with E-state index in [0.717, 1.165) is 16.9 Å². The molecule has 2 rings (SSSR count). The summed E-state index contributed by atoms with van der Waals surface area (Å²) < 4.78 is 5.05. The minimum atomic E-state index is 0.294. The van der Waals surface area contributed by atoms with Gasteiger partial charge in [-0.05, 0) is 24.3 Å². The predicted molar refractivity (Wildman–Crippen MR) is 60.8 cm³/mol. The summed E-state index contributed by atoms with van der Waals surface area (Å²) in [4.78, 5) is 0. The Balaban J connectivity index is 2.34. The normalized spacial score (nSPS) is 13.3. The third-order valence-corrected chi connectivity index (χ3v) is 2.30. The van der Waals surface area contributed by atoms with Gasteiger partial charge in [-0.1, -0.05) is 24.3 Å². The highest BCUT2D eigenvalue weighted by Gasteiger charge is 2.05. The molecule has 0 aromatic heterocycles. The fourth-order valence-corrected chi connectivity index (χ4v) is 1.45. The molecule has 0 spiro atoms. The molecule has 0 saturated carbocycles. The summed E-state index contributed by atoms with van der Waals surface area (Å²) in [5, 5.41) is 9.92. The van der Waals surface area contributed by atoms with Gasteiger partial charge in [0.2, 0.25) is 0 Å². The van der Waals surface area contributed by atoms with Gasteiger partial charge in [0.05, 0.1) is 7.11 Å². The monoisotopic (exact) mass is 200 g/mol. The second-order valence-corrected chi connectivity index (χ2v) is 3.25. The second kappa shape index (κ2) is 4.05. The molecule has 2 heteroatoms. The average molecular weight is 200 g/mol.